The number of benzene rings is 1. The highest BCUT2D eigenvalue weighted by atomic mass is 79.9. The fourth-order valence-electron chi connectivity index (χ4n) is 1.96. The Bertz CT molecular complexity index is 466. The molecule has 5 nitrogen and oxygen atoms in total. The summed E-state index contributed by atoms with van der Waals surface area (Å²) in [6, 6.07) is 5.71. The Balaban J connectivity index is 0.00000220. The van der Waals surface area contributed by atoms with Crippen LogP contribution in [0, 0.1) is 0 Å². The first-order valence-electron chi connectivity index (χ1n) is 6.47. The Labute approximate surface area is 139 Å². The number of methoxy groups -OCH3 is 1. The van der Waals surface area contributed by atoms with Gasteiger partial charge in [0.25, 0.3) is 0 Å². The van der Waals surface area contributed by atoms with Crippen LogP contribution in [0.5, 0.6) is 5.75 Å². The third-order valence-corrected chi connectivity index (χ3v) is 3.87. The van der Waals surface area contributed by atoms with Crippen molar-refractivity contribution in [3.8, 4) is 5.75 Å². The molecule has 1 aromatic carbocycles. The summed E-state index contributed by atoms with van der Waals surface area (Å²) in [5.74, 6) is 0.282. The van der Waals surface area contributed by atoms with Crippen LogP contribution in [0.25, 0.3) is 0 Å². The van der Waals surface area contributed by atoms with Gasteiger partial charge in [0, 0.05) is 24.1 Å². The minimum absolute atomic E-state index is 0. The first kappa shape index (κ1) is 18.2. The van der Waals surface area contributed by atoms with E-state index in [1.54, 1.807) is 0 Å². The number of nitrogens with zero attached hydrogens (tertiary/aromatic N) is 1. The molecule has 1 aromatic rings. The summed E-state index contributed by atoms with van der Waals surface area (Å²) >= 11 is 3.55. The van der Waals surface area contributed by atoms with Crippen LogP contribution in [-0.4, -0.2) is 50.9 Å². The van der Waals surface area contributed by atoms with Gasteiger partial charge in [-0.2, -0.15) is 0 Å². The summed E-state index contributed by atoms with van der Waals surface area (Å²) in [7, 11) is 1.34. The molecule has 0 bridgehead atoms. The highest BCUT2D eigenvalue weighted by Gasteiger charge is 2.13. The average Bonchev–Trinajstić information content (AvgIpc) is 2.48. The molecule has 0 unspecified atom stereocenters. The van der Waals surface area contributed by atoms with Crippen LogP contribution in [0.1, 0.15) is 5.56 Å². The van der Waals surface area contributed by atoms with Gasteiger partial charge in [0.05, 0.1) is 20.3 Å². The van der Waals surface area contributed by atoms with Gasteiger partial charge < -0.3 is 14.2 Å². The normalized spacial score (nSPS) is 15.1. The van der Waals surface area contributed by atoms with E-state index in [2.05, 4.69) is 25.6 Å². The summed E-state index contributed by atoms with van der Waals surface area (Å²) in [6.07, 6.45) is 0. The van der Waals surface area contributed by atoms with E-state index in [-0.39, 0.29) is 25.0 Å². The lowest BCUT2D eigenvalue weighted by Gasteiger charge is -2.27. The maximum absolute atomic E-state index is 11.1. The molecule has 0 aliphatic carbocycles. The standard InChI is InChI=1S/C14H18BrNO4.ClH/c1-18-14(17)10-20-12-2-3-13(15)11(8-12)9-16-4-6-19-7-5-16;/h2-3,8H,4-7,9-10H2,1H3;1H. The van der Waals surface area contributed by atoms with E-state index in [1.807, 2.05) is 18.2 Å². The number of halogens is 2. The number of rotatable bonds is 5. The van der Waals surface area contributed by atoms with Gasteiger partial charge in [-0.3, -0.25) is 4.90 Å². The van der Waals surface area contributed by atoms with Gasteiger partial charge in [-0.05, 0) is 23.8 Å². The molecule has 21 heavy (non-hydrogen) atoms. The van der Waals surface area contributed by atoms with E-state index in [9.17, 15) is 4.79 Å². The molecule has 1 aliphatic heterocycles. The zero-order chi connectivity index (χ0) is 14.4. The van der Waals surface area contributed by atoms with Crippen molar-refractivity contribution in [2.45, 2.75) is 6.54 Å². The van der Waals surface area contributed by atoms with Crippen molar-refractivity contribution in [3.63, 3.8) is 0 Å². The predicted molar refractivity (Wildman–Crippen MR) is 85.0 cm³/mol. The van der Waals surface area contributed by atoms with Gasteiger partial charge in [-0.1, -0.05) is 15.9 Å². The minimum Gasteiger partial charge on any atom is -0.482 e. The monoisotopic (exact) mass is 379 g/mol. The second kappa shape index (κ2) is 9.25. The summed E-state index contributed by atoms with van der Waals surface area (Å²) in [5, 5.41) is 0. The zero-order valence-electron chi connectivity index (χ0n) is 11.8. The quantitative estimate of drug-likeness (QED) is 0.733. The number of esters is 1. The van der Waals surface area contributed by atoms with Crippen molar-refractivity contribution in [2.75, 3.05) is 40.0 Å². The van der Waals surface area contributed by atoms with Crippen LogP contribution in [0.15, 0.2) is 22.7 Å². The molecule has 1 saturated heterocycles. The van der Waals surface area contributed by atoms with Crippen LogP contribution >= 0.6 is 28.3 Å². The molecular formula is C14H19BrClNO4. The molecule has 0 amide bonds. The molecule has 0 atom stereocenters. The summed E-state index contributed by atoms with van der Waals surface area (Å²) < 4.78 is 16.3. The molecule has 1 fully saturated rings. The SMILES string of the molecule is COC(=O)COc1ccc(Br)c(CN2CCOCC2)c1.Cl. The van der Waals surface area contributed by atoms with Crippen LogP contribution in [0.2, 0.25) is 0 Å². The molecule has 0 spiro atoms. The second-order valence-corrected chi connectivity index (χ2v) is 5.36. The van der Waals surface area contributed by atoms with Crippen molar-refractivity contribution in [1.29, 1.82) is 0 Å². The van der Waals surface area contributed by atoms with Crippen LogP contribution in [0.4, 0.5) is 0 Å². The zero-order valence-corrected chi connectivity index (χ0v) is 14.2. The molecule has 0 radical (unpaired) electrons. The fraction of sp³-hybridized carbons (Fsp3) is 0.500. The summed E-state index contributed by atoms with van der Waals surface area (Å²) in [5.41, 5.74) is 1.13. The molecular weight excluding hydrogens is 362 g/mol. The number of hydrogen-bond acceptors (Lipinski definition) is 5. The van der Waals surface area contributed by atoms with Crippen LogP contribution in [-0.2, 0) is 20.8 Å². The highest BCUT2D eigenvalue weighted by molar-refractivity contribution is 9.10. The first-order valence-corrected chi connectivity index (χ1v) is 7.26. The Kier molecular flexibility index (Phi) is 8.03. The van der Waals surface area contributed by atoms with Crippen molar-refractivity contribution in [2.24, 2.45) is 0 Å². The Morgan fingerprint density at radius 1 is 1.38 bits per heavy atom. The summed E-state index contributed by atoms with van der Waals surface area (Å²) in [4.78, 5) is 13.4. The number of morpholine rings is 1. The molecule has 7 heteroatoms. The molecule has 1 heterocycles. The second-order valence-electron chi connectivity index (χ2n) is 4.51. The van der Waals surface area contributed by atoms with Crippen molar-refractivity contribution < 1.29 is 19.0 Å². The van der Waals surface area contributed by atoms with Gasteiger partial charge in [-0.25, -0.2) is 4.79 Å². The lowest BCUT2D eigenvalue weighted by molar-refractivity contribution is -0.142. The predicted octanol–water partition coefficient (Wildman–Crippen LogP) is 2.25. The fourth-order valence-corrected chi connectivity index (χ4v) is 2.34. The van der Waals surface area contributed by atoms with E-state index in [0.717, 1.165) is 42.9 Å². The smallest absolute Gasteiger partial charge is 0.343 e. The van der Waals surface area contributed by atoms with Crippen molar-refractivity contribution in [3.05, 3.63) is 28.2 Å². The van der Waals surface area contributed by atoms with Gasteiger partial charge in [0.2, 0.25) is 0 Å². The van der Waals surface area contributed by atoms with E-state index in [4.69, 9.17) is 9.47 Å². The average molecular weight is 381 g/mol. The van der Waals surface area contributed by atoms with E-state index >= 15 is 0 Å². The van der Waals surface area contributed by atoms with Crippen LogP contribution < -0.4 is 4.74 Å². The summed E-state index contributed by atoms with van der Waals surface area (Å²) in [6.45, 7) is 4.17. The van der Waals surface area contributed by atoms with Crippen molar-refractivity contribution in [1.82, 2.24) is 4.90 Å². The third-order valence-electron chi connectivity index (χ3n) is 3.10. The minimum atomic E-state index is -0.386. The lowest BCUT2D eigenvalue weighted by Crippen LogP contribution is -2.35. The topological polar surface area (TPSA) is 48.0 Å². The molecule has 0 aromatic heterocycles. The number of ether oxygens (including phenoxy) is 3. The van der Waals surface area contributed by atoms with Gasteiger partial charge in [-0.15, -0.1) is 12.4 Å². The Morgan fingerprint density at radius 2 is 2.10 bits per heavy atom. The largest absolute Gasteiger partial charge is 0.482 e. The van der Waals surface area contributed by atoms with Crippen molar-refractivity contribution >= 4 is 34.3 Å². The molecule has 0 saturated carbocycles. The number of carbonyl (C=O) groups is 1. The van der Waals surface area contributed by atoms with E-state index in [0.29, 0.717) is 5.75 Å². The Morgan fingerprint density at radius 3 is 2.76 bits per heavy atom. The molecule has 118 valence electrons. The first-order chi connectivity index (χ1) is 9.69. The lowest BCUT2D eigenvalue weighted by atomic mass is 10.2. The van der Waals surface area contributed by atoms with Gasteiger partial charge in [0.15, 0.2) is 6.61 Å². The van der Waals surface area contributed by atoms with Gasteiger partial charge in [0.1, 0.15) is 5.75 Å². The molecule has 1 aliphatic rings. The number of hydrogen-bond donors (Lipinski definition) is 0. The maximum atomic E-state index is 11.1. The highest BCUT2D eigenvalue weighted by Crippen LogP contribution is 2.24. The molecule has 0 N–H and O–H groups in total. The van der Waals surface area contributed by atoms with E-state index in [1.165, 1.54) is 7.11 Å². The molecule has 2 rings (SSSR count). The van der Waals surface area contributed by atoms with E-state index < -0.39 is 0 Å². The third kappa shape index (κ3) is 5.82. The maximum Gasteiger partial charge on any atom is 0.343 e. The van der Waals surface area contributed by atoms with Crippen LogP contribution in [0.3, 0.4) is 0 Å². The number of carbonyl (C=O) groups excluding carboxylic acids is 1. The Hall–Kier alpha value is -0.820. The van der Waals surface area contributed by atoms with Gasteiger partial charge >= 0.3 is 5.97 Å².